The van der Waals surface area contributed by atoms with Gasteiger partial charge in [0.1, 0.15) is 0 Å². The molecule has 4 nitrogen and oxygen atoms in total. The fraction of sp³-hybridized carbons (Fsp3) is 0.533. The number of hydrogen-bond acceptors (Lipinski definition) is 3. The SMILES string of the molecule is COCc1cccc(C(=O)NC2CCC(N)CC2)c1. The van der Waals surface area contributed by atoms with Crippen molar-refractivity contribution >= 4 is 5.91 Å². The Labute approximate surface area is 114 Å². The maximum Gasteiger partial charge on any atom is 0.251 e. The number of ether oxygens (including phenoxy) is 1. The summed E-state index contributed by atoms with van der Waals surface area (Å²) < 4.78 is 5.08. The number of methoxy groups -OCH3 is 1. The molecule has 1 aliphatic rings. The summed E-state index contributed by atoms with van der Waals surface area (Å²) in [7, 11) is 1.65. The highest BCUT2D eigenvalue weighted by Crippen LogP contribution is 2.17. The van der Waals surface area contributed by atoms with Crippen LogP contribution < -0.4 is 11.1 Å². The van der Waals surface area contributed by atoms with Crippen LogP contribution in [0.1, 0.15) is 41.6 Å². The zero-order valence-corrected chi connectivity index (χ0v) is 11.4. The van der Waals surface area contributed by atoms with E-state index in [1.807, 2.05) is 24.3 Å². The van der Waals surface area contributed by atoms with Gasteiger partial charge < -0.3 is 15.8 Å². The van der Waals surface area contributed by atoms with E-state index in [9.17, 15) is 4.79 Å². The van der Waals surface area contributed by atoms with Crippen molar-refractivity contribution in [2.45, 2.75) is 44.4 Å². The zero-order chi connectivity index (χ0) is 13.7. The van der Waals surface area contributed by atoms with E-state index in [1.165, 1.54) is 0 Å². The molecule has 4 heteroatoms. The lowest BCUT2D eigenvalue weighted by Crippen LogP contribution is -2.40. The first kappa shape index (κ1) is 14.0. The fourth-order valence-electron chi connectivity index (χ4n) is 2.50. The second kappa shape index (κ2) is 6.68. The number of nitrogens with one attached hydrogen (secondary N) is 1. The van der Waals surface area contributed by atoms with Crippen molar-refractivity contribution in [3.8, 4) is 0 Å². The van der Waals surface area contributed by atoms with E-state index in [2.05, 4.69) is 5.32 Å². The molecule has 19 heavy (non-hydrogen) atoms. The molecule has 2 rings (SSSR count). The Hall–Kier alpha value is -1.39. The van der Waals surface area contributed by atoms with Crippen molar-refractivity contribution in [3.63, 3.8) is 0 Å². The predicted molar refractivity (Wildman–Crippen MR) is 74.9 cm³/mol. The van der Waals surface area contributed by atoms with Crippen LogP contribution in [-0.2, 0) is 11.3 Å². The number of nitrogens with two attached hydrogens (primary N) is 1. The molecular weight excluding hydrogens is 240 g/mol. The maximum atomic E-state index is 12.2. The van der Waals surface area contributed by atoms with E-state index in [1.54, 1.807) is 7.11 Å². The highest BCUT2D eigenvalue weighted by atomic mass is 16.5. The van der Waals surface area contributed by atoms with E-state index >= 15 is 0 Å². The Balaban J connectivity index is 1.94. The molecular formula is C15H22N2O2. The van der Waals surface area contributed by atoms with Gasteiger partial charge in [-0.05, 0) is 43.4 Å². The molecule has 1 saturated carbocycles. The van der Waals surface area contributed by atoms with Crippen molar-refractivity contribution in [2.24, 2.45) is 5.73 Å². The number of benzene rings is 1. The first-order valence-corrected chi connectivity index (χ1v) is 6.83. The monoisotopic (exact) mass is 262 g/mol. The standard InChI is InChI=1S/C15H22N2O2/c1-19-10-11-3-2-4-12(9-11)15(18)17-14-7-5-13(16)6-8-14/h2-4,9,13-14H,5-8,10,16H2,1H3,(H,17,18). The molecule has 1 amide bonds. The van der Waals surface area contributed by atoms with Gasteiger partial charge in [-0.25, -0.2) is 0 Å². The fourth-order valence-corrected chi connectivity index (χ4v) is 2.50. The molecule has 1 fully saturated rings. The van der Waals surface area contributed by atoms with Gasteiger partial charge in [-0.2, -0.15) is 0 Å². The molecule has 3 N–H and O–H groups in total. The van der Waals surface area contributed by atoms with Crippen LogP contribution in [0.2, 0.25) is 0 Å². The van der Waals surface area contributed by atoms with Crippen LogP contribution in [-0.4, -0.2) is 25.1 Å². The van der Waals surface area contributed by atoms with Gasteiger partial charge in [0.15, 0.2) is 0 Å². The summed E-state index contributed by atoms with van der Waals surface area (Å²) >= 11 is 0. The van der Waals surface area contributed by atoms with Gasteiger partial charge >= 0.3 is 0 Å². The van der Waals surface area contributed by atoms with Crippen molar-refractivity contribution in [1.82, 2.24) is 5.32 Å². The molecule has 0 bridgehead atoms. The topological polar surface area (TPSA) is 64.3 Å². The van der Waals surface area contributed by atoms with E-state index in [0.29, 0.717) is 18.2 Å². The lowest BCUT2D eigenvalue weighted by atomic mass is 9.91. The molecule has 1 aromatic rings. The van der Waals surface area contributed by atoms with Crippen LogP contribution in [0.4, 0.5) is 0 Å². The van der Waals surface area contributed by atoms with Gasteiger partial charge in [-0.1, -0.05) is 12.1 Å². The maximum absolute atomic E-state index is 12.2. The van der Waals surface area contributed by atoms with Crippen molar-refractivity contribution in [1.29, 1.82) is 0 Å². The lowest BCUT2D eigenvalue weighted by molar-refractivity contribution is 0.0925. The van der Waals surface area contributed by atoms with Gasteiger partial charge in [0.25, 0.3) is 5.91 Å². The highest BCUT2D eigenvalue weighted by Gasteiger charge is 2.20. The molecule has 0 spiro atoms. The van der Waals surface area contributed by atoms with Crippen LogP contribution >= 0.6 is 0 Å². The van der Waals surface area contributed by atoms with Crippen molar-refractivity contribution < 1.29 is 9.53 Å². The van der Waals surface area contributed by atoms with Crippen molar-refractivity contribution in [3.05, 3.63) is 35.4 Å². The Bertz CT molecular complexity index is 426. The summed E-state index contributed by atoms with van der Waals surface area (Å²) in [5.74, 6) is -0.00146. The largest absolute Gasteiger partial charge is 0.380 e. The minimum Gasteiger partial charge on any atom is -0.380 e. The average Bonchev–Trinajstić information content (AvgIpc) is 2.42. The summed E-state index contributed by atoms with van der Waals surface area (Å²) in [5.41, 5.74) is 7.58. The van der Waals surface area contributed by atoms with Crippen LogP contribution in [0.25, 0.3) is 0 Å². The van der Waals surface area contributed by atoms with Crippen LogP contribution in [0.15, 0.2) is 24.3 Å². The van der Waals surface area contributed by atoms with Crippen LogP contribution in [0.5, 0.6) is 0 Å². The molecule has 1 aliphatic carbocycles. The third-order valence-electron chi connectivity index (χ3n) is 3.61. The minimum absolute atomic E-state index is 0.00146. The summed E-state index contributed by atoms with van der Waals surface area (Å²) in [6.45, 7) is 0.527. The Morgan fingerprint density at radius 2 is 2.11 bits per heavy atom. The van der Waals surface area contributed by atoms with Gasteiger partial charge in [0.05, 0.1) is 6.61 Å². The number of carbonyl (C=O) groups excluding carboxylic acids is 1. The number of amides is 1. The molecule has 0 atom stereocenters. The number of rotatable bonds is 4. The van der Waals surface area contributed by atoms with Crippen molar-refractivity contribution in [2.75, 3.05) is 7.11 Å². The summed E-state index contributed by atoms with van der Waals surface area (Å²) in [6.07, 6.45) is 3.94. The quantitative estimate of drug-likeness (QED) is 0.870. The van der Waals surface area contributed by atoms with E-state index in [4.69, 9.17) is 10.5 Å². The number of carbonyl (C=O) groups is 1. The second-order valence-corrected chi connectivity index (χ2v) is 5.22. The molecule has 0 unspecified atom stereocenters. The molecule has 0 aromatic heterocycles. The third-order valence-corrected chi connectivity index (χ3v) is 3.61. The summed E-state index contributed by atoms with van der Waals surface area (Å²) in [4.78, 5) is 12.2. The van der Waals surface area contributed by atoms with Crippen LogP contribution in [0, 0.1) is 0 Å². The van der Waals surface area contributed by atoms with Gasteiger partial charge in [0.2, 0.25) is 0 Å². The first-order chi connectivity index (χ1) is 9.19. The zero-order valence-electron chi connectivity index (χ0n) is 11.4. The molecule has 104 valence electrons. The molecule has 0 radical (unpaired) electrons. The Morgan fingerprint density at radius 1 is 1.37 bits per heavy atom. The van der Waals surface area contributed by atoms with Gasteiger partial charge in [-0.15, -0.1) is 0 Å². The smallest absolute Gasteiger partial charge is 0.251 e. The predicted octanol–water partition coefficient (Wildman–Crippen LogP) is 1.83. The van der Waals surface area contributed by atoms with Crippen LogP contribution in [0.3, 0.4) is 0 Å². The summed E-state index contributed by atoms with van der Waals surface area (Å²) in [6, 6.07) is 8.13. The Morgan fingerprint density at radius 3 is 2.79 bits per heavy atom. The molecule has 0 aliphatic heterocycles. The second-order valence-electron chi connectivity index (χ2n) is 5.22. The lowest BCUT2D eigenvalue weighted by Gasteiger charge is -2.26. The normalized spacial score (nSPS) is 23.1. The molecule has 1 aromatic carbocycles. The molecule has 0 heterocycles. The average molecular weight is 262 g/mol. The summed E-state index contributed by atoms with van der Waals surface area (Å²) in [5, 5.41) is 3.09. The highest BCUT2D eigenvalue weighted by molar-refractivity contribution is 5.94. The molecule has 0 saturated heterocycles. The third kappa shape index (κ3) is 4.04. The number of hydrogen-bond donors (Lipinski definition) is 2. The first-order valence-electron chi connectivity index (χ1n) is 6.83. The Kier molecular flexibility index (Phi) is 4.93. The van der Waals surface area contributed by atoms with E-state index in [-0.39, 0.29) is 11.9 Å². The van der Waals surface area contributed by atoms with E-state index in [0.717, 1.165) is 31.2 Å². The van der Waals surface area contributed by atoms with E-state index < -0.39 is 0 Å². The minimum atomic E-state index is -0.00146. The van der Waals surface area contributed by atoms with Gasteiger partial charge in [-0.3, -0.25) is 4.79 Å². The van der Waals surface area contributed by atoms with Gasteiger partial charge in [0, 0.05) is 24.8 Å².